The first kappa shape index (κ1) is 14.9. The zero-order valence-electron chi connectivity index (χ0n) is 12.2. The molecule has 1 aliphatic rings. The number of unbranched alkanes of at least 4 members (excludes halogenated alkanes) is 1. The number of carbonyl (C=O) groups is 1. The number of hydrogen-bond donors (Lipinski definition) is 1. The summed E-state index contributed by atoms with van der Waals surface area (Å²) in [7, 11) is 0. The van der Waals surface area contributed by atoms with Crippen molar-refractivity contribution >= 4 is 11.8 Å². The Morgan fingerprint density at radius 1 is 1.20 bits per heavy atom. The summed E-state index contributed by atoms with van der Waals surface area (Å²) >= 11 is 0. The van der Waals surface area contributed by atoms with E-state index in [1.807, 2.05) is 12.1 Å². The summed E-state index contributed by atoms with van der Waals surface area (Å²) in [6.45, 7) is 3.86. The van der Waals surface area contributed by atoms with Crippen molar-refractivity contribution in [1.82, 2.24) is 5.06 Å². The summed E-state index contributed by atoms with van der Waals surface area (Å²) < 4.78 is 0. The van der Waals surface area contributed by atoms with Gasteiger partial charge in [-0.3, -0.25) is 5.32 Å². The molecule has 20 heavy (non-hydrogen) atoms. The van der Waals surface area contributed by atoms with Gasteiger partial charge in [0, 0.05) is 18.8 Å². The van der Waals surface area contributed by atoms with Crippen LogP contribution in [0.4, 0.5) is 10.5 Å². The molecule has 0 radical (unpaired) electrons. The molecule has 1 fully saturated rings. The molecule has 1 heterocycles. The summed E-state index contributed by atoms with van der Waals surface area (Å²) in [4.78, 5) is 17.0. The summed E-state index contributed by atoms with van der Waals surface area (Å²) in [6, 6.07) is 7.99. The normalized spacial score (nSPS) is 15.8. The van der Waals surface area contributed by atoms with Crippen LogP contribution in [0.15, 0.2) is 24.3 Å². The van der Waals surface area contributed by atoms with Gasteiger partial charge >= 0.3 is 6.09 Å². The number of carbonyl (C=O) groups excluding carboxylic acids is 1. The van der Waals surface area contributed by atoms with E-state index in [-0.39, 0.29) is 0 Å². The van der Waals surface area contributed by atoms with Crippen LogP contribution < -0.4 is 5.32 Å². The maximum absolute atomic E-state index is 11.8. The van der Waals surface area contributed by atoms with Gasteiger partial charge in [0.15, 0.2) is 0 Å². The van der Waals surface area contributed by atoms with Crippen LogP contribution in [0.3, 0.4) is 0 Å². The van der Waals surface area contributed by atoms with Crippen molar-refractivity contribution in [3.8, 4) is 0 Å². The molecule has 2 rings (SSSR count). The third kappa shape index (κ3) is 4.85. The molecular formula is C16H24N2O2. The molecule has 0 aromatic heterocycles. The van der Waals surface area contributed by atoms with E-state index < -0.39 is 6.09 Å². The first-order valence-corrected chi connectivity index (χ1v) is 7.61. The molecule has 0 bridgehead atoms. The maximum Gasteiger partial charge on any atom is 0.430 e. The third-order valence-corrected chi connectivity index (χ3v) is 3.55. The minimum absolute atomic E-state index is 0.395. The van der Waals surface area contributed by atoms with Gasteiger partial charge in [-0.2, -0.15) is 0 Å². The van der Waals surface area contributed by atoms with Crippen molar-refractivity contribution in [1.29, 1.82) is 0 Å². The van der Waals surface area contributed by atoms with Crippen molar-refractivity contribution in [2.24, 2.45) is 0 Å². The fraction of sp³-hybridized carbons (Fsp3) is 0.562. The molecule has 1 saturated heterocycles. The van der Waals surface area contributed by atoms with E-state index in [9.17, 15) is 4.79 Å². The molecule has 1 aliphatic heterocycles. The fourth-order valence-corrected chi connectivity index (χ4v) is 2.35. The smallest absolute Gasteiger partial charge is 0.351 e. The Morgan fingerprint density at radius 3 is 2.55 bits per heavy atom. The molecule has 110 valence electrons. The number of aryl methyl sites for hydroxylation is 1. The van der Waals surface area contributed by atoms with Crippen LogP contribution in [0.2, 0.25) is 0 Å². The Labute approximate surface area is 121 Å². The summed E-state index contributed by atoms with van der Waals surface area (Å²) in [5.41, 5.74) is 2.09. The maximum atomic E-state index is 11.8. The highest BCUT2D eigenvalue weighted by Crippen LogP contribution is 2.13. The van der Waals surface area contributed by atoms with Crippen LogP contribution >= 0.6 is 0 Å². The molecule has 0 atom stereocenters. The third-order valence-electron chi connectivity index (χ3n) is 3.55. The molecule has 0 spiro atoms. The monoisotopic (exact) mass is 276 g/mol. The number of nitrogens with zero attached hydrogens (tertiary/aromatic N) is 1. The molecular weight excluding hydrogens is 252 g/mol. The van der Waals surface area contributed by atoms with Gasteiger partial charge < -0.3 is 4.84 Å². The van der Waals surface area contributed by atoms with E-state index in [4.69, 9.17) is 4.84 Å². The zero-order valence-corrected chi connectivity index (χ0v) is 12.2. The average molecular weight is 276 g/mol. The van der Waals surface area contributed by atoms with Crippen LogP contribution in [0.1, 0.15) is 44.6 Å². The van der Waals surface area contributed by atoms with E-state index in [0.717, 1.165) is 38.0 Å². The number of benzene rings is 1. The zero-order chi connectivity index (χ0) is 14.2. The quantitative estimate of drug-likeness (QED) is 0.884. The number of hydroxylamine groups is 2. The largest absolute Gasteiger partial charge is 0.430 e. The fourth-order valence-electron chi connectivity index (χ4n) is 2.35. The first-order valence-electron chi connectivity index (χ1n) is 7.61. The van der Waals surface area contributed by atoms with Crippen LogP contribution in [0.25, 0.3) is 0 Å². The highest BCUT2D eigenvalue weighted by molar-refractivity contribution is 5.84. The van der Waals surface area contributed by atoms with Gasteiger partial charge in [0.2, 0.25) is 0 Å². The Bertz CT molecular complexity index is 411. The topological polar surface area (TPSA) is 41.6 Å². The summed E-state index contributed by atoms with van der Waals surface area (Å²) in [6.07, 6.45) is 6.51. The summed E-state index contributed by atoms with van der Waals surface area (Å²) in [5, 5.41) is 4.51. The Hall–Kier alpha value is -1.55. The lowest BCUT2D eigenvalue weighted by Gasteiger charge is -2.24. The van der Waals surface area contributed by atoms with Gasteiger partial charge in [-0.05, 0) is 43.4 Å². The number of hydrogen-bond acceptors (Lipinski definition) is 3. The molecule has 0 unspecified atom stereocenters. The molecule has 4 heteroatoms. The predicted molar refractivity (Wildman–Crippen MR) is 80.6 cm³/mol. The lowest BCUT2D eigenvalue weighted by Crippen LogP contribution is -2.34. The van der Waals surface area contributed by atoms with Crippen LogP contribution in [0, 0.1) is 0 Å². The van der Waals surface area contributed by atoms with E-state index >= 15 is 0 Å². The second-order valence-corrected chi connectivity index (χ2v) is 5.29. The van der Waals surface area contributed by atoms with Crippen LogP contribution in [-0.2, 0) is 11.3 Å². The second-order valence-electron chi connectivity index (χ2n) is 5.29. The van der Waals surface area contributed by atoms with Gasteiger partial charge in [0.25, 0.3) is 0 Å². The van der Waals surface area contributed by atoms with Crippen molar-refractivity contribution in [2.75, 3.05) is 18.4 Å². The molecule has 4 nitrogen and oxygen atoms in total. The predicted octanol–water partition coefficient (Wildman–Crippen LogP) is 3.98. The lowest BCUT2D eigenvalue weighted by molar-refractivity contribution is -0.105. The standard InChI is InChI=1S/C16H24N2O2/c1-2-3-7-14-8-10-15(11-9-14)17-16(19)20-18-12-5-4-6-13-18/h8-11H,2-7,12-13H2,1H3,(H,17,19). The lowest BCUT2D eigenvalue weighted by atomic mass is 10.1. The first-order chi connectivity index (χ1) is 9.78. The van der Waals surface area contributed by atoms with E-state index in [0.29, 0.717) is 0 Å². The van der Waals surface area contributed by atoms with Gasteiger partial charge in [-0.25, -0.2) is 4.79 Å². The SMILES string of the molecule is CCCCc1ccc(NC(=O)ON2CCCCC2)cc1. The van der Waals surface area contributed by atoms with Crippen molar-refractivity contribution in [3.05, 3.63) is 29.8 Å². The number of piperidine rings is 1. The molecule has 1 N–H and O–H groups in total. The van der Waals surface area contributed by atoms with Crippen molar-refractivity contribution < 1.29 is 9.63 Å². The van der Waals surface area contributed by atoms with E-state index in [1.54, 1.807) is 5.06 Å². The molecule has 1 aromatic carbocycles. The molecule has 1 aromatic rings. The minimum Gasteiger partial charge on any atom is -0.351 e. The summed E-state index contributed by atoms with van der Waals surface area (Å²) in [5.74, 6) is 0. The van der Waals surface area contributed by atoms with Gasteiger partial charge in [0.1, 0.15) is 0 Å². The van der Waals surface area contributed by atoms with E-state index in [2.05, 4.69) is 24.4 Å². The molecule has 0 aliphatic carbocycles. The number of anilines is 1. The van der Waals surface area contributed by atoms with Gasteiger partial charge in [0.05, 0.1) is 0 Å². The minimum atomic E-state index is -0.395. The Kier molecular flexibility index (Phi) is 5.87. The van der Waals surface area contributed by atoms with Crippen molar-refractivity contribution in [3.63, 3.8) is 0 Å². The highest BCUT2D eigenvalue weighted by Gasteiger charge is 2.14. The highest BCUT2D eigenvalue weighted by atomic mass is 16.7. The second kappa shape index (κ2) is 7.90. The molecule has 0 saturated carbocycles. The Morgan fingerprint density at radius 2 is 1.90 bits per heavy atom. The van der Waals surface area contributed by atoms with Crippen LogP contribution in [0.5, 0.6) is 0 Å². The van der Waals surface area contributed by atoms with E-state index in [1.165, 1.54) is 24.8 Å². The van der Waals surface area contributed by atoms with Crippen LogP contribution in [-0.4, -0.2) is 24.2 Å². The Balaban J connectivity index is 1.78. The number of nitrogens with one attached hydrogen (secondary N) is 1. The number of rotatable bonds is 5. The molecule has 1 amide bonds. The average Bonchev–Trinajstić information content (AvgIpc) is 2.47. The van der Waals surface area contributed by atoms with Crippen molar-refractivity contribution in [2.45, 2.75) is 45.4 Å². The number of amides is 1. The van der Waals surface area contributed by atoms with Gasteiger partial charge in [-0.1, -0.05) is 31.9 Å². The van der Waals surface area contributed by atoms with Gasteiger partial charge in [-0.15, -0.1) is 5.06 Å².